The van der Waals surface area contributed by atoms with E-state index in [0.717, 1.165) is 22.2 Å². The maximum absolute atomic E-state index is 12.4. The van der Waals surface area contributed by atoms with Crippen LogP contribution in [0.1, 0.15) is 48.5 Å². The van der Waals surface area contributed by atoms with Crippen molar-refractivity contribution < 1.29 is 9.53 Å². The van der Waals surface area contributed by atoms with Crippen molar-refractivity contribution in [3.63, 3.8) is 0 Å². The second-order valence-corrected chi connectivity index (χ2v) is 8.68. The number of benzene rings is 2. The largest absolute Gasteiger partial charge is 0.492 e. The zero-order valence-corrected chi connectivity index (χ0v) is 20.0. The molecule has 1 amide bonds. The van der Waals surface area contributed by atoms with Crippen LogP contribution in [-0.2, 0) is 6.54 Å². The number of unbranched alkanes of at least 4 members (excludes halogenated alkanes) is 3. The maximum atomic E-state index is 12.4. The quantitative estimate of drug-likeness (QED) is 0.243. The minimum Gasteiger partial charge on any atom is -0.492 e. The van der Waals surface area contributed by atoms with Gasteiger partial charge in [0, 0.05) is 17.0 Å². The van der Waals surface area contributed by atoms with Crippen LogP contribution in [0, 0.1) is 0 Å². The SMILES string of the molecule is CCCCCCOc1ccc(C(=O)NC(=S)NCc2ccc(SC)cc2)cc1Br. The van der Waals surface area contributed by atoms with E-state index in [0.29, 0.717) is 23.8 Å². The molecule has 0 bridgehead atoms. The molecule has 0 radical (unpaired) electrons. The number of nitrogens with one attached hydrogen (secondary N) is 2. The Balaban J connectivity index is 1.81. The molecule has 156 valence electrons. The van der Waals surface area contributed by atoms with Gasteiger partial charge in [-0.25, -0.2) is 0 Å². The van der Waals surface area contributed by atoms with Gasteiger partial charge in [-0.1, -0.05) is 38.3 Å². The van der Waals surface area contributed by atoms with Gasteiger partial charge in [-0.15, -0.1) is 11.8 Å². The number of amides is 1. The second kappa shape index (κ2) is 12.9. The van der Waals surface area contributed by atoms with Crippen LogP contribution in [0.4, 0.5) is 0 Å². The van der Waals surface area contributed by atoms with E-state index in [4.69, 9.17) is 17.0 Å². The highest BCUT2D eigenvalue weighted by atomic mass is 79.9. The van der Waals surface area contributed by atoms with Crippen LogP contribution in [0.25, 0.3) is 0 Å². The average Bonchev–Trinajstić information content (AvgIpc) is 2.73. The lowest BCUT2D eigenvalue weighted by atomic mass is 10.2. The summed E-state index contributed by atoms with van der Waals surface area (Å²) in [6.07, 6.45) is 6.67. The Morgan fingerprint density at radius 3 is 2.55 bits per heavy atom. The van der Waals surface area contributed by atoms with Gasteiger partial charge < -0.3 is 10.1 Å². The predicted molar refractivity (Wildman–Crippen MR) is 129 cm³/mol. The first-order valence-corrected chi connectivity index (χ1v) is 12.1. The first kappa shape index (κ1) is 23.7. The molecule has 0 aromatic heterocycles. The van der Waals surface area contributed by atoms with Gasteiger partial charge in [0.05, 0.1) is 11.1 Å². The van der Waals surface area contributed by atoms with E-state index < -0.39 is 0 Å². The summed E-state index contributed by atoms with van der Waals surface area (Å²) in [6, 6.07) is 13.5. The van der Waals surface area contributed by atoms with Crippen LogP contribution in [0.15, 0.2) is 51.8 Å². The van der Waals surface area contributed by atoms with Gasteiger partial charge in [0.2, 0.25) is 0 Å². The van der Waals surface area contributed by atoms with Crippen molar-refractivity contribution in [2.45, 2.75) is 44.0 Å². The normalized spacial score (nSPS) is 10.4. The number of carbonyl (C=O) groups is 1. The number of hydrogen-bond acceptors (Lipinski definition) is 4. The minimum atomic E-state index is -0.254. The summed E-state index contributed by atoms with van der Waals surface area (Å²) < 4.78 is 6.54. The fourth-order valence-corrected chi connectivity index (χ4v) is 3.68. The summed E-state index contributed by atoms with van der Waals surface area (Å²) in [5.74, 6) is 0.489. The van der Waals surface area contributed by atoms with Gasteiger partial charge in [0.25, 0.3) is 5.91 Å². The third-order valence-electron chi connectivity index (χ3n) is 4.29. The van der Waals surface area contributed by atoms with E-state index in [1.807, 2.05) is 24.5 Å². The number of carbonyl (C=O) groups excluding carboxylic acids is 1. The molecular formula is C22H27BrN2O2S2. The molecule has 0 spiro atoms. The molecule has 0 heterocycles. The Labute approximate surface area is 191 Å². The van der Waals surface area contributed by atoms with Crippen LogP contribution in [0.2, 0.25) is 0 Å². The van der Waals surface area contributed by atoms with Crippen molar-refractivity contribution in [1.29, 1.82) is 0 Å². The molecule has 0 aliphatic rings. The van der Waals surface area contributed by atoms with Crippen LogP contribution < -0.4 is 15.4 Å². The molecule has 7 heteroatoms. The molecule has 2 aromatic rings. The van der Waals surface area contributed by atoms with Crippen molar-refractivity contribution in [3.8, 4) is 5.75 Å². The zero-order valence-electron chi connectivity index (χ0n) is 16.8. The molecular weight excluding hydrogens is 468 g/mol. The smallest absolute Gasteiger partial charge is 0.257 e. The van der Waals surface area contributed by atoms with E-state index in [-0.39, 0.29) is 5.91 Å². The molecule has 0 fully saturated rings. The predicted octanol–water partition coefficient (Wildman–Crippen LogP) is 5.93. The summed E-state index contributed by atoms with van der Waals surface area (Å²) in [7, 11) is 0. The highest BCUT2D eigenvalue weighted by Gasteiger charge is 2.11. The number of hydrogen-bond donors (Lipinski definition) is 2. The van der Waals surface area contributed by atoms with E-state index in [9.17, 15) is 4.79 Å². The third-order valence-corrected chi connectivity index (χ3v) is 5.90. The number of thiocarbonyl (C=S) groups is 1. The second-order valence-electron chi connectivity index (χ2n) is 6.54. The highest BCUT2D eigenvalue weighted by molar-refractivity contribution is 9.10. The Kier molecular flexibility index (Phi) is 10.5. The Bertz CT molecular complexity index is 813. The summed E-state index contributed by atoms with van der Waals surface area (Å²) in [6.45, 7) is 3.42. The molecule has 0 aliphatic carbocycles. The lowest BCUT2D eigenvalue weighted by molar-refractivity contribution is 0.0976. The van der Waals surface area contributed by atoms with Gasteiger partial charge in [0.1, 0.15) is 5.75 Å². The number of halogens is 1. The monoisotopic (exact) mass is 494 g/mol. The van der Waals surface area contributed by atoms with Crippen molar-refractivity contribution in [1.82, 2.24) is 10.6 Å². The lowest BCUT2D eigenvalue weighted by Gasteiger charge is -2.12. The Hall–Kier alpha value is -1.57. The highest BCUT2D eigenvalue weighted by Crippen LogP contribution is 2.26. The molecule has 2 rings (SSSR count). The van der Waals surface area contributed by atoms with E-state index in [1.54, 1.807) is 23.9 Å². The van der Waals surface area contributed by atoms with Crippen molar-refractivity contribution in [2.24, 2.45) is 0 Å². The summed E-state index contributed by atoms with van der Waals surface area (Å²) in [5.41, 5.74) is 1.62. The summed E-state index contributed by atoms with van der Waals surface area (Å²) >= 11 is 10.4. The van der Waals surface area contributed by atoms with E-state index >= 15 is 0 Å². The average molecular weight is 496 g/mol. The van der Waals surface area contributed by atoms with Gasteiger partial charge in [-0.2, -0.15) is 0 Å². The molecule has 2 aromatic carbocycles. The molecule has 4 nitrogen and oxygen atoms in total. The van der Waals surface area contributed by atoms with Crippen molar-refractivity contribution in [3.05, 3.63) is 58.1 Å². The fraction of sp³-hybridized carbons (Fsp3) is 0.364. The van der Waals surface area contributed by atoms with Crippen LogP contribution in [0.5, 0.6) is 5.75 Å². The zero-order chi connectivity index (χ0) is 21.1. The van der Waals surface area contributed by atoms with Gasteiger partial charge in [-0.05, 0) is 76.7 Å². The maximum Gasteiger partial charge on any atom is 0.257 e. The summed E-state index contributed by atoms with van der Waals surface area (Å²) in [5, 5.41) is 6.08. The van der Waals surface area contributed by atoms with Crippen molar-refractivity contribution >= 4 is 50.9 Å². The number of rotatable bonds is 10. The van der Waals surface area contributed by atoms with E-state index in [1.165, 1.54) is 24.2 Å². The Morgan fingerprint density at radius 1 is 1.14 bits per heavy atom. The van der Waals surface area contributed by atoms with Crippen LogP contribution >= 0.6 is 39.9 Å². The molecule has 0 aliphatic heterocycles. The third kappa shape index (κ3) is 8.36. The first-order chi connectivity index (χ1) is 14.0. The molecule has 0 atom stereocenters. The molecule has 0 saturated heterocycles. The van der Waals surface area contributed by atoms with Gasteiger partial charge in [-0.3, -0.25) is 10.1 Å². The topological polar surface area (TPSA) is 50.4 Å². The standard InChI is InChI=1S/C22H27BrN2O2S2/c1-3-4-5-6-13-27-20-12-9-17(14-19(20)23)21(26)25-22(28)24-15-16-7-10-18(29-2)11-8-16/h7-12,14H,3-6,13,15H2,1-2H3,(H2,24,25,26,28). The van der Waals surface area contributed by atoms with E-state index in [2.05, 4.69) is 45.6 Å². The molecule has 29 heavy (non-hydrogen) atoms. The molecule has 0 unspecified atom stereocenters. The van der Waals surface area contributed by atoms with Crippen LogP contribution in [-0.4, -0.2) is 23.9 Å². The van der Waals surface area contributed by atoms with Crippen LogP contribution in [0.3, 0.4) is 0 Å². The Morgan fingerprint density at radius 2 is 1.90 bits per heavy atom. The molecule has 0 saturated carbocycles. The summed E-state index contributed by atoms with van der Waals surface area (Å²) in [4.78, 5) is 13.7. The number of thioether (sulfide) groups is 1. The fourth-order valence-electron chi connectivity index (χ4n) is 2.62. The minimum absolute atomic E-state index is 0.254. The van der Waals surface area contributed by atoms with Gasteiger partial charge in [0.15, 0.2) is 5.11 Å². The van der Waals surface area contributed by atoms with Crippen molar-refractivity contribution in [2.75, 3.05) is 12.9 Å². The number of ether oxygens (including phenoxy) is 1. The lowest BCUT2D eigenvalue weighted by Crippen LogP contribution is -2.38. The first-order valence-electron chi connectivity index (χ1n) is 9.68. The molecule has 2 N–H and O–H groups in total. The van der Waals surface area contributed by atoms with Gasteiger partial charge >= 0.3 is 0 Å².